The van der Waals surface area contributed by atoms with E-state index in [1.165, 1.54) is 18.4 Å². The summed E-state index contributed by atoms with van der Waals surface area (Å²) < 4.78 is 0. The van der Waals surface area contributed by atoms with E-state index in [4.69, 9.17) is 0 Å². The number of benzene rings is 1. The molecule has 104 valence electrons. The van der Waals surface area contributed by atoms with Gasteiger partial charge in [-0.15, -0.1) is 0 Å². The van der Waals surface area contributed by atoms with Gasteiger partial charge in [0.15, 0.2) is 0 Å². The van der Waals surface area contributed by atoms with Gasteiger partial charge in [-0.1, -0.05) is 31.9 Å². The van der Waals surface area contributed by atoms with Crippen LogP contribution in [-0.4, -0.2) is 30.4 Å². The Morgan fingerprint density at radius 2 is 1.95 bits per heavy atom. The lowest BCUT2D eigenvalue weighted by Crippen LogP contribution is -2.36. The quantitative estimate of drug-likeness (QED) is 0.902. The Morgan fingerprint density at radius 1 is 1.21 bits per heavy atom. The smallest absolute Gasteiger partial charge is 0.241 e. The van der Waals surface area contributed by atoms with E-state index in [1.807, 2.05) is 17.0 Å². The fraction of sp³-hybridized carbons (Fsp3) is 0.562. The van der Waals surface area contributed by atoms with Crippen molar-refractivity contribution >= 4 is 11.6 Å². The molecule has 1 aromatic rings. The summed E-state index contributed by atoms with van der Waals surface area (Å²) in [4.78, 5) is 14.1. The van der Waals surface area contributed by atoms with E-state index in [0.717, 1.165) is 38.0 Å². The molecule has 0 saturated carbocycles. The first-order valence-corrected chi connectivity index (χ1v) is 7.40. The number of aryl methyl sites for hydroxylation is 1. The molecule has 0 atom stereocenters. The lowest BCUT2D eigenvalue weighted by atomic mass is 10.1. The van der Waals surface area contributed by atoms with Gasteiger partial charge in [-0.3, -0.25) is 4.79 Å². The number of hydrogen-bond acceptors (Lipinski definition) is 2. The first-order chi connectivity index (χ1) is 9.29. The molecule has 0 radical (unpaired) electrons. The average molecular weight is 260 g/mol. The van der Waals surface area contributed by atoms with E-state index in [2.05, 4.69) is 24.4 Å². The molecule has 1 N–H and O–H groups in total. The number of carbonyl (C=O) groups excluding carboxylic acids is 1. The SMILES string of the molecule is CCc1cccc(NCC(=O)N2CCCCCC2)c1. The van der Waals surface area contributed by atoms with Gasteiger partial charge in [0.25, 0.3) is 0 Å². The summed E-state index contributed by atoms with van der Waals surface area (Å²) in [6.07, 6.45) is 5.84. The molecular weight excluding hydrogens is 236 g/mol. The molecule has 2 rings (SSSR count). The van der Waals surface area contributed by atoms with Crippen molar-refractivity contribution in [2.24, 2.45) is 0 Å². The van der Waals surface area contributed by atoms with Gasteiger partial charge in [0.2, 0.25) is 5.91 Å². The van der Waals surface area contributed by atoms with Gasteiger partial charge in [0.05, 0.1) is 6.54 Å². The number of rotatable bonds is 4. The Morgan fingerprint density at radius 3 is 2.63 bits per heavy atom. The van der Waals surface area contributed by atoms with Gasteiger partial charge in [0.1, 0.15) is 0 Å². The van der Waals surface area contributed by atoms with Crippen molar-refractivity contribution in [3.05, 3.63) is 29.8 Å². The molecule has 0 unspecified atom stereocenters. The molecule has 3 heteroatoms. The molecule has 0 bridgehead atoms. The zero-order chi connectivity index (χ0) is 13.5. The monoisotopic (exact) mass is 260 g/mol. The predicted octanol–water partition coefficient (Wildman–Crippen LogP) is 3.06. The third-order valence-corrected chi connectivity index (χ3v) is 3.74. The number of amides is 1. The second kappa shape index (κ2) is 7.17. The Hall–Kier alpha value is -1.51. The van der Waals surface area contributed by atoms with E-state index in [9.17, 15) is 4.79 Å². The van der Waals surface area contributed by atoms with Crippen LogP contribution in [0.5, 0.6) is 0 Å². The summed E-state index contributed by atoms with van der Waals surface area (Å²) in [7, 11) is 0. The molecule has 1 saturated heterocycles. The van der Waals surface area contributed by atoms with E-state index in [0.29, 0.717) is 6.54 Å². The average Bonchev–Trinajstić information content (AvgIpc) is 2.74. The van der Waals surface area contributed by atoms with Gasteiger partial charge in [-0.25, -0.2) is 0 Å². The molecule has 1 aliphatic heterocycles. The minimum atomic E-state index is 0.226. The molecule has 1 heterocycles. The maximum atomic E-state index is 12.1. The summed E-state index contributed by atoms with van der Waals surface area (Å²) in [6.45, 7) is 4.40. The zero-order valence-corrected chi connectivity index (χ0v) is 11.8. The van der Waals surface area contributed by atoms with E-state index in [1.54, 1.807) is 0 Å². The van der Waals surface area contributed by atoms with Crippen molar-refractivity contribution < 1.29 is 4.79 Å². The second-order valence-corrected chi connectivity index (χ2v) is 5.20. The highest BCUT2D eigenvalue weighted by molar-refractivity contribution is 5.80. The highest BCUT2D eigenvalue weighted by Gasteiger charge is 2.14. The van der Waals surface area contributed by atoms with Crippen molar-refractivity contribution in [2.45, 2.75) is 39.0 Å². The second-order valence-electron chi connectivity index (χ2n) is 5.20. The first-order valence-electron chi connectivity index (χ1n) is 7.40. The lowest BCUT2D eigenvalue weighted by molar-refractivity contribution is -0.129. The van der Waals surface area contributed by atoms with E-state index in [-0.39, 0.29) is 5.91 Å². The lowest BCUT2D eigenvalue weighted by Gasteiger charge is -2.20. The summed E-state index contributed by atoms with van der Waals surface area (Å²) in [5, 5.41) is 3.25. The topological polar surface area (TPSA) is 32.3 Å². The molecule has 19 heavy (non-hydrogen) atoms. The van der Waals surface area contributed by atoms with E-state index < -0.39 is 0 Å². The molecule has 1 fully saturated rings. The first kappa shape index (κ1) is 13.9. The molecule has 1 aliphatic rings. The van der Waals surface area contributed by atoms with Crippen molar-refractivity contribution in [1.29, 1.82) is 0 Å². The van der Waals surface area contributed by atoms with Crippen LogP contribution in [0.15, 0.2) is 24.3 Å². The van der Waals surface area contributed by atoms with Crippen molar-refractivity contribution in [3.8, 4) is 0 Å². The molecule has 3 nitrogen and oxygen atoms in total. The standard InChI is InChI=1S/C16H24N2O/c1-2-14-8-7-9-15(12-14)17-13-16(19)18-10-5-3-4-6-11-18/h7-9,12,17H,2-6,10-11,13H2,1H3. The van der Waals surface area contributed by atoms with Crippen molar-refractivity contribution in [2.75, 3.05) is 25.0 Å². The molecule has 1 amide bonds. The van der Waals surface area contributed by atoms with Crippen LogP contribution in [0.3, 0.4) is 0 Å². The van der Waals surface area contributed by atoms with Gasteiger partial charge in [-0.2, -0.15) is 0 Å². The Labute approximate surface area is 116 Å². The number of nitrogens with one attached hydrogen (secondary N) is 1. The van der Waals surface area contributed by atoms with Crippen LogP contribution >= 0.6 is 0 Å². The number of carbonyl (C=O) groups is 1. The fourth-order valence-corrected chi connectivity index (χ4v) is 2.51. The maximum absolute atomic E-state index is 12.1. The Bertz CT molecular complexity index is 409. The molecule has 0 aliphatic carbocycles. The summed E-state index contributed by atoms with van der Waals surface area (Å²) in [5.41, 5.74) is 2.34. The minimum Gasteiger partial charge on any atom is -0.376 e. The largest absolute Gasteiger partial charge is 0.376 e. The summed E-state index contributed by atoms with van der Waals surface area (Å²) in [5.74, 6) is 0.226. The van der Waals surface area contributed by atoms with Gasteiger partial charge < -0.3 is 10.2 Å². The van der Waals surface area contributed by atoms with Crippen LogP contribution in [0.1, 0.15) is 38.2 Å². The van der Waals surface area contributed by atoms with Crippen molar-refractivity contribution in [3.63, 3.8) is 0 Å². The van der Waals surface area contributed by atoms with Crippen LogP contribution in [-0.2, 0) is 11.2 Å². The Kier molecular flexibility index (Phi) is 5.25. The van der Waals surface area contributed by atoms with Gasteiger partial charge in [-0.05, 0) is 37.0 Å². The zero-order valence-electron chi connectivity index (χ0n) is 11.8. The molecular formula is C16H24N2O. The highest BCUT2D eigenvalue weighted by Crippen LogP contribution is 2.12. The molecule has 1 aromatic carbocycles. The highest BCUT2D eigenvalue weighted by atomic mass is 16.2. The van der Waals surface area contributed by atoms with Gasteiger partial charge in [0, 0.05) is 18.8 Å². The predicted molar refractivity (Wildman–Crippen MR) is 79.4 cm³/mol. The van der Waals surface area contributed by atoms with Crippen LogP contribution in [0.2, 0.25) is 0 Å². The van der Waals surface area contributed by atoms with Gasteiger partial charge >= 0.3 is 0 Å². The minimum absolute atomic E-state index is 0.226. The summed E-state index contributed by atoms with van der Waals surface area (Å²) in [6, 6.07) is 8.30. The normalized spacial score (nSPS) is 15.9. The molecule has 0 spiro atoms. The Balaban J connectivity index is 1.84. The summed E-state index contributed by atoms with van der Waals surface area (Å²) >= 11 is 0. The van der Waals surface area contributed by atoms with Crippen LogP contribution in [0.25, 0.3) is 0 Å². The maximum Gasteiger partial charge on any atom is 0.241 e. The fourth-order valence-electron chi connectivity index (χ4n) is 2.51. The number of nitrogens with zero attached hydrogens (tertiary/aromatic N) is 1. The van der Waals surface area contributed by atoms with Crippen LogP contribution in [0.4, 0.5) is 5.69 Å². The van der Waals surface area contributed by atoms with Crippen LogP contribution < -0.4 is 5.32 Å². The number of hydrogen-bond donors (Lipinski definition) is 1. The van der Waals surface area contributed by atoms with E-state index >= 15 is 0 Å². The number of likely N-dealkylation sites (tertiary alicyclic amines) is 1. The third-order valence-electron chi connectivity index (χ3n) is 3.74. The van der Waals surface area contributed by atoms with Crippen LogP contribution in [0, 0.1) is 0 Å². The van der Waals surface area contributed by atoms with Crippen molar-refractivity contribution in [1.82, 2.24) is 4.90 Å². The third kappa shape index (κ3) is 4.27. The molecule has 0 aromatic heterocycles. The number of anilines is 1.